The van der Waals surface area contributed by atoms with Crippen LogP contribution >= 0.6 is 0 Å². The number of morpholine rings is 1. The van der Waals surface area contributed by atoms with E-state index in [1.807, 2.05) is 23.2 Å². The lowest BCUT2D eigenvalue weighted by molar-refractivity contribution is -0.135. The highest BCUT2D eigenvalue weighted by Crippen LogP contribution is 2.20. The third kappa shape index (κ3) is 4.27. The number of hydrogen-bond donors (Lipinski definition) is 0. The Hall–Kier alpha value is -1.46. The molecule has 2 aliphatic rings. The summed E-state index contributed by atoms with van der Waals surface area (Å²) in [6, 6.07) is 6.06. The SMILES string of the molecule is O=C(CN1CCOCC1)N1CCCC(Cc2ccccn2)C1. The predicted octanol–water partition coefficient (Wildman–Crippen LogP) is 1.19. The van der Waals surface area contributed by atoms with E-state index in [1.165, 1.54) is 6.42 Å². The second-order valence-corrected chi connectivity index (χ2v) is 6.26. The van der Waals surface area contributed by atoms with Gasteiger partial charge in [-0.05, 0) is 37.3 Å². The standard InChI is InChI=1S/C17H25N3O2/c21-17(14-19-8-10-22-11-9-19)20-7-3-4-15(13-20)12-16-5-1-2-6-18-16/h1-2,5-6,15H,3-4,7-14H2. The maximum atomic E-state index is 12.5. The van der Waals surface area contributed by atoms with Crippen LogP contribution in [0.2, 0.25) is 0 Å². The van der Waals surface area contributed by atoms with Gasteiger partial charge in [0, 0.05) is 38.1 Å². The van der Waals surface area contributed by atoms with Gasteiger partial charge in [0.05, 0.1) is 19.8 Å². The Bertz CT molecular complexity index is 474. The molecule has 0 radical (unpaired) electrons. The average molecular weight is 303 g/mol. The molecule has 1 amide bonds. The molecule has 0 bridgehead atoms. The summed E-state index contributed by atoms with van der Waals surface area (Å²) in [4.78, 5) is 21.2. The van der Waals surface area contributed by atoms with Crippen molar-refractivity contribution in [2.45, 2.75) is 19.3 Å². The highest BCUT2D eigenvalue weighted by atomic mass is 16.5. The Morgan fingerprint density at radius 1 is 1.27 bits per heavy atom. The number of ether oxygens (including phenoxy) is 1. The fourth-order valence-corrected chi connectivity index (χ4v) is 3.32. The van der Waals surface area contributed by atoms with E-state index in [0.717, 1.165) is 57.9 Å². The molecule has 0 aromatic carbocycles. The molecule has 3 rings (SSSR count). The molecule has 2 fully saturated rings. The first kappa shape index (κ1) is 15.4. The number of piperidine rings is 1. The Balaban J connectivity index is 1.50. The van der Waals surface area contributed by atoms with Crippen molar-refractivity contribution in [3.8, 4) is 0 Å². The molecule has 3 heterocycles. The van der Waals surface area contributed by atoms with Crippen molar-refractivity contribution in [2.75, 3.05) is 45.9 Å². The van der Waals surface area contributed by atoms with Crippen molar-refractivity contribution in [1.29, 1.82) is 0 Å². The fourth-order valence-electron chi connectivity index (χ4n) is 3.32. The highest BCUT2D eigenvalue weighted by Gasteiger charge is 2.25. The smallest absolute Gasteiger partial charge is 0.236 e. The molecular formula is C17H25N3O2. The number of carbonyl (C=O) groups excluding carboxylic acids is 1. The van der Waals surface area contributed by atoms with Gasteiger partial charge in [-0.2, -0.15) is 0 Å². The van der Waals surface area contributed by atoms with Gasteiger partial charge in [0.1, 0.15) is 0 Å². The van der Waals surface area contributed by atoms with Crippen LogP contribution in [0.5, 0.6) is 0 Å². The minimum Gasteiger partial charge on any atom is -0.379 e. The van der Waals surface area contributed by atoms with Crippen molar-refractivity contribution < 1.29 is 9.53 Å². The zero-order valence-electron chi connectivity index (χ0n) is 13.1. The van der Waals surface area contributed by atoms with Crippen LogP contribution in [0.15, 0.2) is 24.4 Å². The maximum Gasteiger partial charge on any atom is 0.236 e. The van der Waals surface area contributed by atoms with E-state index < -0.39 is 0 Å². The van der Waals surface area contributed by atoms with Gasteiger partial charge in [-0.15, -0.1) is 0 Å². The Morgan fingerprint density at radius 2 is 2.14 bits per heavy atom. The molecule has 1 aromatic rings. The normalized spacial score (nSPS) is 23.5. The van der Waals surface area contributed by atoms with Gasteiger partial charge in [-0.1, -0.05) is 6.07 Å². The minimum atomic E-state index is 0.271. The summed E-state index contributed by atoms with van der Waals surface area (Å²) >= 11 is 0. The molecule has 5 heteroatoms. The molecule has 0 spiro atoms. The third-order valence-electron chi connectivity index (χ3n) is 4.56. The monoisotopic (exact) mass is 303 g/mol. The van der Waals surface area contributed by atoms with Gasteiger partial charge in [0.25, 0.3) is 0 Å². The molecule has 0 N–H and O–H groups in total. The Kier molecular flexibility index (Phi) is 5.40. The molecular weight excluding hydrogens is 278 g/mol. The lowest BCUT2D eigenvalue weighted by atomic mass is 9.93. The van der Waals surface area contributed by atoms with Crippen LogP contribution in [0.1, 0.15) is 18.5 Å². The molecule has 0 aliphatic carbocycles. The summed E-state index contributed by atoms with van der Waals surface area (Å²) in [5.74, 6) is 0.810. The van der Waals surface area contributed by atoms with Crippen LogP contribution < -0.4 is 0 Å². The van der Waals surface area contributed by atoms with Crippen molar-refractivity contribution in [3.63, 3.8) is 0 Å². The quantitative estimate of drug-likeness (QED) is 0.838. The van der Waals surface area contributed by atoms with Crippen LogP contribution in [0.4, 0.5) is 0 Å². The first-order valence-corrected chi connectivity index (χ1v) is 8.29. The topological polar surface area (TPSA) is 45.7 Å². The van der Waals surface area contributed by atoms with Gasteiger partial charge in [-0.25, -0.2) is 0 Å². The summed E-state index contributed by atoms with van der Waals surface area (Å²) < 4.78 is 5.34. The summed E-state index contributed by atoms with van der Waals surface area (Å²) in [7, 11) is 0. The van der Waals surface area contributed by atoms with Crippen LogP contribution in [-0.2, 0) is 16.0 Å². The lowest BCUT2D eigenvalue weighted by Gasteiger charge is -2.35. The molecule has 22 heavy (non-hydrogen) atoms. The van der Waals surface area contributed by atoms with Gasteiger partial charge in [-0.3, -0.25) is 14.7 Å². The van der Waals surface area contributed by atoms with E-state index in [2.05, 4.69) is 16.0 Å². The number of aromatic nitrogens is 1. The zero-order valence-corrected chi connectivity index (χ0v) is 13.1. The van der Waals surface area contributed by atoms with Crippen molar-refractivity contribution in [2.24, 2.45) is 5.92 Å². The highest BCUT2D eigenvalue weighted by molar-refractivity contribution is 5.78. The van der Waals surface area contributed by atoms with Crippen LogP contribution in [-0.4, -0.2) is 66.6 Å². The van der Waals surface area contributed by atoms with Crippen molar-refractivity contribution in [1.82, 2.24) is 14.8 Å². The zero-order chi connectivity index (χ0) is 15.2. The Morgan fingerprint density at radius 3 is 2.91 bits per heavy atom. The summed E-state index contributed by atoms with van der Waals surface area (Å²) in [6.07, 6.45) is 5.12. The van der Waals surface area contributed by atoms with Gasteiger partial charge >= 0.3 is 0 Å². The number of amides is 1. The second-order valence-electron chi connectivity index (χ2n) is 6.26. The predicted molar refractivity (Wildman–Crippen MR) is 84.5 cm³/mol. The van der Waals surface area contributed by atoms with E-state index >= 15 is 0 Å². The first-order valence-electron chi connectivity index (χ1n) is 8.29. The number of likely N-dealkylation sites (tertiary alicyclic amines) is 1. The fraction of sp³-hybridized carbons (Fsp3) is 0.647. The van der Waals surface area contributed by atoms with E-state index in [-0.39, 0.29) is 5.91 Å². The molecule has 1 unspecified atom stereocenters. The van der Waals surface area contributed by atoms with Crippen molar-refractivity contribution >= 4 is 5.91 Å². The van der Waals surface area contributed by atoms with Crippen LogP contribution in [0.3, 0.4) is 0 Å². The number of rotatable bonds is 4. The maximum absolute atomic E-state index is 12.5. The van der Waals surface area contributed by atoms with Crippen LogP contribution in [0, 0.1) is 5.92 Å². The minimum absolute atomic E-state index is 0.271. The van der Waals surface area contributed by atoms with E-state index in [0.29, 0.717) is 12.5 Å². The molecule has 0 saturated carbocycles. The average Bonchev–Trinajstić information content (AvgIpc) is 2.57. The third-order valence-corrected chi connectivity index (χ3v) is 4.56. The number of pyridine rings is 1. The second kappa shape index (κ2) is 7.70. The Labute approximate surface area is 132 Å². The number of nitrogens with zero attached hydrogens (tertiary/aromatic N) is 3. The number of carbonyl (C=O) groups is 1. The van der Waals surface area contributed by atoms with Gasteiger partial charge < -0.3 is 9.64 Å². The van der Waals surface area contributed by atoms with Crippen LogP contribution in [0.25, 0.3) is 0 Å². The van der Waals surface area contributed by atoms with Gasteiger partial charge in [0.2, 0.25) is 5.91 Å². The molecule has 2 saturated heterocycles. The molecule has 5 nitrogen and oxygen atoms in total. The summed E-state index contributed by atoms with van der Waals surface area (Å²) in [5, 5.41) is 0. The molecule has 120 valence electrons. The van der Waals surface area contributed by atoms with E-state index in [1.54, 1.807) is 0 Å². The molecule has 1 aromatic heterocycles. The number of hydrogen-bond acceptors (Lipinski definition) is 4. The van der Waals surface area contributed by atoms with Gasteiger partial charge in [0.15, 0.2) is 0 Å². The van der Waals surface area contributed by atoms with Crippen molar-refractivity contribution in [3.05, 3.63) is 30.1 Å². The van der Waals surface area contributed by atoms with E-state index in [4.69, 9.17) is 4.74 Å². The van der Waals surface area contributed by atoms with E-state index in [9.17, 15) is 4.79 Å². The first-order chi connectivity index (χ1) is 10.8. The molecule has 2 aliphatic heterocycles. The lowest BCUT2D eigenvalue weighted by Crippen LogP contribution is -2.47. The molecule has 1 atom stereocenters. The summed E-state index contributed by atoms with van der Waals surface area (Å²) in [5.41, 5.74) is 1.13. The largest absolute Gasteiger partial charge is 0.379 e. The summed E-state index contributed by atoms with van der Waals surface area (Å²) in [6.45, 7) is 5.56.